The van der Waals surface area contributed by atoms with Crippen LogP contribution < -0.4 is 9.54 Å². The van der Waals surface area contributed by atoms with E-state index in [2.05, 4.69) is 40.3 Å². The van der Waals surface area contributed by atoms with E-state index in [1.54, 1.807) is 18.4 Å². The van der Waals surface area contributed by atoms with E-state index in [1.807, 2.05) is 48.5 Å². The maximum Gasteiger partial charge on any atom is 0.190 e. The van der Waals surface area contributed by atoms with Crippen molar-refractivity contribution in [2.24, 2.45) is 4.99 Å². The van der Waals surface area contributed by atoms with Crippen molar-refractivity contribution in [1.29, 1.82) is 0 Å². The second-order valence-corrected chi connectivity index (χ2v) is 7.82. The van der Waals surface area contributed by atoms with Crippen molar-refractivity contribution < 1.29 is 4.74 Å². The van der Waals surface area contributed by atoms with Crippen molar-refractivity contribution in [3.05, 3.63) is 99.6 Å². The molecule has 0 saturated heterocycles. The highest BCUT2D eigenvalue weighted by Crippen LogP contribution is 2.28. The van der Waals surface area contributed by atoms with Crippen LogP contribution in [0.2, 0.25) is 5.02 Å². The molecule has 0 aliphatic rings. The molecule has 0 radical (unpaired) electrons. The van der Waals surface area contributed by atoms with Crippen LogP contribution in [0.4, 0.5) is 5.69 Å². The van der Waals surface area contributed by atoms with Crippen LogP contribution in [-0.4, -0.2) is 11.7 Å². The fourth-order valence-electron chi connectivity index (χ4n) is 3.17. The van der Waals surface area contributed by atoms with Crippen LogP contribution >= 0.6 is 22.9 Å². The van der Waals surface area contributed by atoms with Gasteiger partial charge in [-0.3, -0.25) is 0 Å². The second kappa shape index (κ2) is 9.12. The van der Waals surface area contributed by atoms with Crippen molar-refractivity contribution in [3.63, 3.8) is 0 Å². The Balaban J connectivity index is 1.76. The zero-order valence-corrected chi connectivity index (χ0v) is 17.7. The van der Waals surface area contributed by atoms with Crippen LogP contribution in [0.5, 0.6) is 5.75 Å². The molecule has 5 heteroatoms. The van der Waals surface area contributed by atoms with Crippen LogP contribution in [0.25, 0.3) is 11.3 Å². The van der Waals surface area contributed by atoms with Gasteiger partial charge in [0.15, 0.2) is 4.80 Å². The van der Waals surface area contributed by atoms with Gasteiger partial charge in [-0.25, -0.2) is 4.99 Å². The Morgan fingerprint density at radius 1 is 0.931 bits per heavy atom. The summed E-state index contributed by atoms with van der Waals surface area (Å²) < 4.78 is 7.50. The van der Waals surface area contributed by atoms with Crippen molar-refractivity contribution in [2.75, 3.05) is 7.11 Å². The van der Waals surface area contributed by atoms with E-state index in [-0.39, 0.29) is 0 Å². The SMILES string of the molecule is COc1ccc(N=c2scc(-c3ccccc3Cl)n2CCc2ccccc2)cc1. The van der Waals surface area contributed by atoms with Crippen LogP contribution in [0.15, 0.2) is 89.2 Å². The Hall–Kier alpha value is -2.82. The number of aromatic nitrogens is 1. The largest absolute Gasteiger partial charge is 0.497 e. The third-order valence-electron chi connectivity index (χ3n) is 4.71. The molecule has 0 saturated carbocycles. The first kappa shape index (κ1) is 19.5. The molecule has 0 aliphatic carbocycles. The normalized spacial score (nSPS) is 11.6. The number of methoxy groups -OCH3 is 1. The first-order chi connectivity index (χ1) is 14.2. The lowest BCUT2D eigenvalue weighted by Crippen LogP contribution is -2.17. The number of hydrogen-bond donors (Lipinski definition) is 0. The smallest absolute Gasteiger partial charge is 0.190 e. The maximum absolute atomic E-state index is 6.50. The van der Waals surface area contributed by atoms with Gasteiger partial charge in [-0.05, 0) is 42.3 Å². The summed E-state index contributed by atoms with van der Waals surface area (Å²) >= 11 is 8.12. The average Bonchev–Trinajstić information content (AvgIpc) is 3.16. The van der Waals surface area contributed by atoms with Crippen LogP contribution in [-0.2, 0) is 13.0 Å². The summed E-state index contributed by atoms with van der Waals surface area (Å²) in [6.07, 6.45) is 0.921. The third-order valence-corrected chi connectivity index (χ3v) is 5.90. The molecule has 3 aromatic carbocycles. The van der Waals surface area contributed by atoms with Crippen molar-refractivity contribution in [1.82, 2.24) is 4.57 Å². The van der Waals surface area contributed by atoms with Gasteiger partial charge in [-0.2, -0.15) is 0 Å². The molecule has 0 aliphatic heterocycles. The van der Waals surface area contributed by atoms with Gasteiger partial charge < -0.3 is 9.30 Å². The van der Waals surface area contributed by atoms with Crippen LogP contribution in [0.1, 0.15) is 5.56 Å². The molecule has 0 bridgehead atoms. The van der Waals surface area contributed by atoms with E-state index < -0.39 is 0 Å². The molecule has 0 unspecified atom stereocenters. The Morgan fingerprint density at radius 3 is 2.38 bits per heavy atom. The first-order valence-corrected chi connectivity index (χ1v) is 10.7. The highest BCUT2D eigenvalue weighted by molar-refractivity contribution is 7.07. The molecule has 1 aromatic heterocycles. The lowest BCUT2D eigenvalue weighted by atomic mass is 10.1. The van der Waals surface area contributed by atoms with Gasteiger partial charge in [-0.1, -0.05) is 60.1 Å². The number of nitrogens with zero attached hydrogens (tertiary/aromatic N) is 2. The summed E-state index contributed by atoms with van der Waals surface area (Å²) in [4.78, 5) is 5.83. The number of hydrogen-bond acceptors (Lipinski definition) is 3. The summed E-state index contributed by atoms with van der Waals surface area (Å²) in [6.45, 7) is 0.822. The minimum Gasteiger partial charge on any atom is -0.497 e. The Morgan fingerprint density at radius 2 is 1.66 bits per heavy atom. The molecular weight excluding hydrogens is 400 g/mol. The molecule has 146 valence electrons. The molecule has 0 amide bonds. The summed E-state index contributed by atoms with van der Waals surface area (Å²) in [5.41, 5.74) is 4.30. The van der Waals surface area contributed by atoms with E-state index in [4.69, 9.17) is 21.3 Å². The van der Waals surface area contributed by atoms with Gasteiger partial charge in [0.25, 0.3) is 0 Å². The van der Waals surface area contributed by atoms with Crippen molar-refractivity contribution in [3.8, 4) is 17.0 Å². The number of halogens is 1. The molecule has 29 heavy (non-hydrogen) atoms. The number of thiazole rings is 1. The first-order valence-electron chi connectivity index (χ1n) is 9.40. The summed E-state index contributed by atoms with van der Waals surface area (Å²) in [5.74, 6) is 0.823. The highest BCUT2D eigenvalue weighted by atomic mass is 35.5. The van der Waals surface area contributed by atoms with Gasteiger partial charge >= 0.3 is 0 Å². The highest BCUT2D eigenvalue weighted by Gasteiger charge is 2.11. The van der Waals surface area contributed by atoms with Crippen molar-refractivity contribution >= 4 is 28.6 Å². The number of ether oxygens (including phenoxy) is 1. The fourth-order valence-corrected chi connectivity index (χ4v) is 4.35. The predicted octanol–water partition coefficient (Wildman–Crippen LogP) is 6.35. The van der Waals surface area contributed by atoms with E-state index >= 15 is 0 Å². The minimum absolute atomic E-state index is 0.745. The van der Waals surface area contributed by atoms with E-state index in [0.717, 1.165) is 45.5 Å². The van der Waals surface area contributed by atoms with E-state index in [0.29, 0.717) is 0 Å². The van der Waals surface area contributed by atoms with E-state index in [1.165, 1.54) is 5.56 Å². The molecule has 0 atom stereocenters. The molecule has 1 heterocycles. The Bertz CT molecular complexity index is 1150. The van der Waals surface area contributed by atoms with Gasteiger partial charge in [0.1, 0.15) is 5.75 Å². The third kappa shape index (κ3) is 4.61. The maximum atomic E-state index is 6.50. The monoisotopic (exact) mass is 420 g/mol. The molecule has 0 spiro atoms. The molecular formula is C24H21ClN2OS. The minimum atomic E-state index is 0.745. The quantitative estimate of drug-likeness (QED) is 0.356. The lowest BCUT2D eigenvalue weighted by molar-refractivity contribution is 0.415. The predicted molar refractivity (Wildman–Crippen MR) is 121 cm³/mol. The molecule has 4 rings (SSSR count). The lowest BCUT2D eigenvalue weighted by Gasteiger charge is -2.11. The summed E-state index contributed by atoms with van der Waals surface area (Å²) in [7, 11) is 1.67. The van der Waals surface area contributed by atoms with Crippen molar-refractivity contribution in [2.45, 2.75) is 13.0 Å². The fraction of sp³-hybridized carbons (Fsp3) is 0.125. The van der Waals surface area contributed by atoms with Gasteiger partial charge in [0.05, 0.1) is 18.5 Å². The standard InChI is InChI=1S/C24H21ClN2OS/c1-28-20-13-11-19(12-14-20)26-24-27(16-15-18-7-3-2-4-8-18)23(17-29-24)21-9-5-6-10-22(21)25/h2-14,17H,15-16H2,1H3. The number of aryl methyl sites for hydroxylation is 1. The molecule has 0 fully saturated rings. The second-order valence-electron chi connectivity index (χ2n) is 6.58. The Kier molecular flexibility index (Phi) is 6.13. The van der Waals surface area contributed by atoms with Gasteiger partial charge in [0.2, 0.25) is 0 Å². The molecule has 3 nitrogen and oxygen atoms in total. The average molecular weight is 421 g/mol. The van der Waals surface area contributed by atoms with Crippen LogP contribution in [0, 0.1) is 0 Å². The number of benzene rings is 3. The van der Waals surface area contributed by atoms with Gasteiger partial charge in [-0.15, -0.1) is 11.3 Å². The zero-order chi connectivity index (χ0) is 20.1. The number of rotatable bonds is 6. The topological polar surface area (TPSA) is 26.5 Å². The van der Waals surface area contributed by atoms with E-state index in [9.17, 15) is 0 Å². The zero-order valence-electron chi connectivity index (χ0n) is 16.1. The summed E-state index contributed by atoms with van der Waals surface area (Å²) in [6, 6.07) is 26.2. The molecule has 4 aromatic rings. The van der Waals surface area contributed by atoms with Gasteiger partial charge in [0, 0.05) is 22.5 Å². The van der Waals surface area contributed by atoms with Crippen LogP contribution in [0.3, 0.4) is 0 Å². The Labute approximate surface area is 179 Å². The summed E-state index contributed by atoms with van der Waals surface area (Å²) in [5, 5.41) is 2.88. The molecule has 0 N–H and O–H groups in total.